The highest BCUT2D eigenvalue weighted by Gasteiger charge is 2.31. The number of rotatable bonds is 6. The summed E-state index contributed by atoms with van der Waals surface area (Å²) in [5.41, 5.74) is 5.40. The quantitative estimate of drug-likeness (QED) is 0.294. The Labute approximate surface area is 228 Å². The van der Waals surface area contributed by atoms with Crippen molar-refractivity contribution in [3.8, 4) is 22.3 Å². The average Bonchev–Trinajstić information content (AvgIpc) is 3.34. The first-order chi connectivity index (χ1) is 19.3. The Morgan fingerprint density at radius 1 is 1.18 bits per heavy atom. The van der Waals surface area contributed by atoms with Crippen LogP contribution in [0.5, 0.6) is 0 Å². The molecule has 206 valence electrons. The number of carbonyl (C=O) groups is 1. The predicted octanol–water partition coefficient (Wildman–Crippen LogP) is 3.30. The molecule has 11 heteroatoms. The zero-order valence-electron chi connectivity index (χ0n) is 22.1. The Kier molecular flexibility index (Phi) is 6.47. The van der Waals surface area contributed by atoms with Gasteiger partial charge in [0.25, 0.3) is 0 Å². The molecule has 0 unspecified atom stereocenters. The molecule has 10 nitrogen and oxygen atoms in total. The van der Waals surface area contributed by atoms with Crippen LogP contribution in [0, 0.1) is 5.82 Å². The third kappa shape index (κ3) is 4.09. The summed E-state index contributed by atoms with van der Waals surface area (Å²) in [6.45, 7) is 3.71. The fourth-order valence-corrected chi connectivity index (χ4v) is 5.68. The van der Waals surface area contributed by atoms with E-state index in [1.165, 1.54) is 22.9 Å². The van der Waals surface area contributed by atoms with Gasteiger partial charge in [-0.05, 0) is 36.2 Å². The average molecular weight is 546 g/mol. The molecule has 40 heavy (non-hydrogen) atoms. The maximum atomic E-state index is 14.7. The van der Waals surface area contributed by atoms with Gasteiger partial charge in [-0.1, -0.05) is 0 Å². The van der Waals surface area contributed by atoms with Crippen molar-refractivity contribution >= 4 is 28.4 Å². The van der Waals surface area contributed by atoms with Gasteiger partial charge in [0.1, 0.15) is 17.0 Å². The summed E-state index contributed by atoms with van der Waals surface area (Å²) in [4.78, 5) is 36.7. The molecule has 4 heterocycles. The molecular weight excluding hydrogens is 517 g/mol. The second-order valence-corrected chi connectivity index (χ2v) is 10.1. The molecule has 0 bridgehead atoms. The van der Waals surface area contributed by atoms with E-state index in [4.69, 9.17) is 9.72 Å². The van der Waals surface area contributed by atoms with E-state index in [2.05, 4.69) is 15.2 Å². The van der Waals surface area contributed by atoms with Crippen molar-refractivity contribution in [1.29, 1.82) is 0 Å². The van der Waals surface area contributed by atoms with Crippen LogP contribution in [-0.4, -0.2) is 70.7 Å². The van der Waals surface area contributed by atoms with Crippen LogP contribution in [0.3, 0.4) is 0 Å². The van der Waals surface area contributed by atoms with Gasteiger partial charge in [-0.25, -0.2) is 14.2 Å². The predicted molar refractivity (Wildman–Crippen MR) is 149 cm³/mol. The first-order valence-corrected chi connectivity index (χ1v) is 13.1. The highest BCUT2D eigenvalue weighted by Crippen LogP contribution is 2.48. The molecule has 1 aliphatic heterocycles. The second kappa shape index (κ2) is 10.00. The highest BCUT2D eigenvalue weighted by atomic mass is 19.1. The van der Waals surface area contributed by atoms with Gasteiger partial charge in [0.05, 0.1) is 42.6 Å². The molecule has 0 spiro atoms. The molecule has 1 atom stereocenters. The number of carboxylic acid groups (broad SMARTS) is 1. The first kappa shape index (κ1) is 25.9. The van der Waals surface area contributed by atoms with Crippen molar-refractivity contribution in [2.75, 3.05) is 50.2 Å². The minimum absolute atomic E-state index is 0.120. The van der Waals surface area contributed by atoms with Gasteiger partial charge >= 0.3 is 5.97 Å². The highest BCUT2D eigenvalue weighted by molar-refractivity contribution is 5.98. The lowest BCUT2D eigenvalue weighted by Gasteiger charge is -2.32. The van der Waals surface area contributed by atoms with Crippen LogP contribution in [0.25, 0.3) is 33.3 Å². The number of aromatic nitrogens is 3. The van der Waals surface area contributed by atoms with Crippen molar-refractivity contribution < 1.29 is 24.1 Å². The van der Waals surface area contributed by atoms with Gasteiger partial charge in [0.15, 0.2) is 0 Å². The third-order valence-corrected chi connectivity index (χ3v) is 7.70. The van der Waals surface area contributed by atoms with Crippen molar-refractivity contribution in [2.24, 2.45) is 0 Å². The van der Waals surface area contributed by atoms with Crippen LogP contribution in [0.1, 0.15) is 34.6 Å². The zero-order chi connectivity index (χ0) is 28.1. The molecule has 4 aromatic rings. The van der Waals surface area contributed by atoms with Crippen molar-refractivity contribution in [2.45, 2.75) is 19.4 Å². The third-order valence-electron chi connectivity index (χ3n) is 7.70. The van der Waals surface area contributed by atoms with Crippen LogP contribution >= 0.6 is 0 Å². The zero-order valence-corrected chi connectivity index (χ0v) is 22.1. The standard InChI is InChI=1S/C29H28FN5O5/c1-15(14-36)35-13-22(29(38)39)27(37)20-7-16(11-33-28(20)35)21-12-32-24-10-18-19(8-17(30)9-23(18)31-2)25(24)26(21)34-3-5-40-6-4-34/h7-9,11-13,15,31,36H,3-6,10,14H2,1-2H3,(H,38,39)/t15-/m0/s1. The van der Waals surface area contributed by atoms with E-state index in [-0.39, 0.29) is 23.5 Å². The lowest BCUT2D eigenvalue weighted by Crippen LogP contribution is -2.37. The Morgan fingerprint density at radius 2 is 1.95 bits per heavy atom. The van der Waals surface area contributed by atoms with Gasteiger partial charge < -0.3 is 29.7 Å². The Morgan fingerprint density at radius 3 is 2.65 bits per heavy atom. The maximum absolute atomic E-state index is 14.7. The number of carboxylic acids is 1. The molecule has 3 N–H and O–H groups in total. The molecule has 2 aliphatic rings. The minimum Gasteiger partial charge on any atom is -0.477 e. The van der Waals surface area contributed by atoms with Gasteiger partial charge in [0, 0.05) is 67.5 Å². The topological polar surface area (TPSA) is 130 Å². The number of morpholine rings is 1. The molecule has 0 radical (unpaired) electrons. The first-order valence-electron chi connectivity index (χ1n) is 13.1. The molecule has 6 rings (SSSR count). The fraction of sp³-hybridized carbons (Fsp3) is 0.310. The molecular formula is C29H28FN5O5. The lowest BCUT2D eigenvalue weighted by molar-refractivity contribution is 0.0694. The number of fused-ring (bicyclic) bond motifs is 4. The number of aliphatic hydroxyl groups is 1. The summed E-state index contributed by atoms with van der Waals surface area (Å²) < 4.78 is 21.9. The van der Waals surface area contributed by atoms with E-state index in [1.807, 2.05) is 0 Å². The number of anilines is 2. The molecule has 0 saturated carbocycles. The Bertz CT molecular complexity index is 1730. The fourth-order valence-electron chi connectivity index (χ4n) is 5.68. The van der Waals surface area contributed by atoms with E-state index < -0.39 is 23.0 Å². The number of benzene rings is 1. The summed E-state index contributed by atoms with van der Waals surface area (Å²) in [6.07, 6.45) is 5.13. The van der Waals surface area contributed by atoms with E-state index in [9.17, 15) is 24.2 Å². The van der Waals surface area contributed by atoms with E-state index in [0.29, 0.717) is 49.5 Å². The SMILES string of the molecule is CNc1cc(F)cc2c1Cc1ncc(-c3cnc4c(c3)c(=O)c(C(=O)O)cn4[C@@H](C)CO)c(N3CCOCC3)c1-2. The Hall–Kier alpha value is -4.35. The number of nitrogens with zero attached hydrogens (tertiary/aromatic N) is 4. The van der Waals surface area contributed by atoms with Crippen LogP contribution < -0.4 is 15.6 Å². The molecule has 1 aromatic carbocycles. The lowest BCUT2D eigenvalue weighted by atomic mass is 9.97. The second-order valence-electron chi connectivity index (χ2n) is 10.1. The minimum atomic E-state index is -1.36. The summed E-state index contributed by atoms with van der Waals surface area (Å²) in [6, 6.07) is 4.14. The van der Waals surface area contributed by atoms with Crippen LogP contribution in [0.15, 0.2) is 41.6 Å². The van der Waals surface area contributed by atoms with Gasteiger partial charge in [0.2, 0.25) is 5.43 Å². The number of halogens is 1. The number of hydrogen-bond donors (Lipinski definition) is 3. The summed E-state index contributed by atoms with van der Waals surface area (Å²) in [5, 5.41) is 22.7. The molecule has 1 fully saturated rings. The molecule has 0 amide bonds. The summed E-state index contributed by atoms with van der Waals surface area (Å²) >= 11 is 0. The van der Waals surface area contributed by atoms with Crippen molar-refractivity contribution in [1.82, 2.24) is 14.5 Å². The van der Waals surface area contributed by atoms with E-state index in [1.54, 1.807) is 32.4 Å². The smallest absolute Gasteiger partial charge is 0.341 e. The summed E-state index contributed by atoms with van der Waals surface area (Å²) in [7, 11) is 1.76. The van der Waals surface area contributed by atoms with Crippen LogP contribution in [0.4, 0.5) is 15.8 Å². The summed E-state index contributed by atoms with van der Waals surface area (Å²) in [5.74, 6) is -1.72. The number of nitrogens with one attached hydrogen (secondary N) is 1. The van der Waals surface area contributed by atoms with Gasteiger partial charge in [-0.2, -0.15) is 0 Å². The number of ether oxygens (including phenoxy) is 1. The molecule has 1 saturated heterocycles. The monoisotopic (exact) mass is 545 g/mol. The van der Waals surface area contributed by atoms with Crippen LogP contribution in [0.2, 0.25) is 0 Å². The number of pyridine rings is 3. The van der Waals surface area contributed by atoms with E-state index in [0.717, 1.165) is 28.1 Å². The molecule has 1 aliphatic carbocycles. The van der Waals surface area contributed by atoms with Crippen molar-refractivity contribution in [3.05, 3.63) is 69.7 Å². The molecule has 3 aromatic heterocycles. The normalized spacial score (nSPS) is 15.2. The van der Waals surface area contributed by atoms with Crippen molar-refractivity contribution in [3.63, 3.8) is 0 Å². The number of aliphatic hydroxyl groups excluding tert-OH is 1. The largest absolute Gasteiger partial charge is 0.477 e. The maximum Gasteiger partial charge on any atom is 0.341 e. The number of aromatic carboxylic acids is 1. The van der Waals surface area contributed by atoms with Crippen LogP contribution in [-0.2, 0) is 11.2 Å². The Balaban J connectivity index is 1.63. The number of hydrogen-bond acceptors (Lipinski definition) is 8. The van der Waals surface area contributed by atoms with E-state index >= 15 is 0 Å². The van der Waals surface area contributed by atoms with Gasteiger partial charge in [-0.3, -0.25) is 9.78 Å². The van der Waals surface area contributed by atoms with Gasteiger partial charge in [-0.15, -0.1) is 0 Å².